The molecule has 4 rings (SSSR count). The number of fused-ring (bicyclic) bond motifs is 1. The van der Waals surface area contributed by atoms with Crippen molar-refractivity contribution < 1.29 is 18.0 Å². The number of rotatable bonds is 5. The largest absolute Gasteiger partial charge is 0.326 e. The monoisotopic (exact) mass is 455 g/mol. The molecule has 0 bridgehead atoms. The third-order valence-electron chi connectivity index (χ3n) is 6.31. The highest BCUT2D eigenvalue weighted by Crippen LogP contribution is 2.32. The van der Waals surface area contributed by atoms with Gasteiger partial charge >= 0.3 is 0 Å². The Kier molecular flexibility index (Phi) is 6.35. The average molecular weight is 456 g/mol. The molecular formula is C24H29N3O4S. The Morgan fingerprint density at radius 1 is 1.06 bits per heavy atom. The first-order valence-electron chi connectivity index (χ1n) is 11.0. The molecule has 0 spiro atoms. The Bertz CT molecular complexity index is 1140. The lowest BCUT2D eigenvalue weighted by Crippen LogP contribution is -2.39. The first kappa shape index (κ1) is 22.5. The van der Waals surface area contributed by atoms with Crippen LogP contribution in [0.3, 0.4) is 0 Å². The number of hydrogen-bond acceptors (Lipinski definition) is 4. The lowest BCUT2D eigenvalue weighted by molar-refractivity contribution is -0.117. The second kappa shape index (κ2) is 9.03. The summed E-state index contributed by atoms with van der Waals surface area (Å²) in [7, 11) is -3.60. The van der Waals surface area contributed by atoms with Crippen molar-refractivity contribution in [1.82, 2.24) is 4.31 Å². The first-order chi connectivity index (χ1) is 15.2. The van der Waals surface area contributed by atoms with E-state index in [1.54, 1.807) is 23.1 Å². The predicted octanol–water partition coefficient (Wildman–Crippen LogP) is 3.33. The Balaban J connectivity index is 1.35. The van der Waals surface area contributed by atoms with Crippen molar-refractivity contribution in [3.05, 3.63) is 53.6 Å². The average Bonchev–Trinajstić information content (AvgIpc) is 3.18. The van der Waals surface area contributed by atoms with Gasteiger partial charge in [0.05, 0.1) is 4.90 Å². The van der Waals surface area contributed by atoms with Gasteiger partial charge in [0.25, 0.3) is 0 Å². The van der Waals surface area contributed by atoms with Gasteiger partial charge < -0.3 is 10.2 Å². The number of carbonyl (C=O) groups is 2. The second-order valence-corrected chi connectivity index (χ2v) is 10.6. The third-order valence-corrected chi connectivity index (χ3v) is 8.21. The van der Waals surface area contributed by atoms with E-state index in [1.807, 2.05) is 31.2 Å². The summed E-state index contributed by atoms with van der Waals surface area (Å²) in [6, 6.07) is 12.7. The summed E-state index contributed by atoms with van der Waals surface area (Å²) in [6.45, 7) is 4.89. The second-order valence-electron chi connectivity index (χ2n) is 8.68. The molecule has 1 saturated heterocycles. The van der Waals surface area contributed by atoms with E-state index >= 15 is 0 Å². The van der Waals surface area contributed by atoms with Crippen LogP contribution in [-0.4, -0.2) is 44.2 Å². The van der Waals surface area contributed by atoms with E-state index in [2.05, 4.69) is 5.32 Å². The molecule has 7 nitrogen and oxygen atoms in total. The third kappa shape index (κ3) is 4.71. The summed E-state index contributed by atoms with van der Waals surface area (Å²) < 4.78 is 27.9. The van der Waals surface area contributed by atoms with Gasteiger partial charge in [-0.3, -0.25) is 9.59 Å². The Hall–Kier alpha value is -2.71. The maximum absolute atomic E-state index is 13.2. The molecule has 0 saturated carbocycles. The molecule has 2 aromatic carbocycles. The van der Waals surface area contributed by atoms with Crippen LogP contribution < -0.4 is 10.2 Å². The zero-order valence-corrected chi connectivity index (χ0v) is 19.3. The molecule has 0 aliphatic carbocycles. The van der Waals surface area contributed by atoms with Gasteiger partial charge in [0, 0.05) is 44.4 Å². The molecule has 2 heterocycles. The Morgan fingerprint density at radius 2 is 1.81 bits per heavy atom. The van der Waals surface area contributed by atoms with E-state index in [4.69, 9.17) is 0 Å². The van der Waals surface area contributed by atoms with E-state index in [1.165, 1.54) is 11.2 Å². The van der Waals surface area contributed by atoms with E-state index in [9.17, 15) is 18.0 Å². The van der Waals surface area contributed by atoms with E-state index in [-0.39, 0.29) is 22.6 Å². The lowest BCUT2D eigenvalue weighted by atomic mass is 9.94. The minimum Gasteiger partial charge on any atom is -0.326 e. The summed E-state index contributed by atoms with van der Waals surface area (Å²) in [4.78, 5) is 26.1. The number of carbonyl (C=O) groups excluding carboxylic acids is 2. The number of nitrogens with zero attached hydrogens (tertiary/aromatic N) is 2. The number of piperidine rings is 1. The van der Waals surface area contributed by atoms with Crippen LogP contribution in [0.25, 0.3) is 0 Å². The standard InChI is InChI=1S/C24H29N3O4S/c1-17-4-3-5-21(14-17)25-24(29)15-19-8-11-26(12-9-19)32(30,31)22-6-7-23-20(16-22)10-13-27(23)18(2)28/h3-7,14,16,19H,8-13,15H2,1-2H3,(H,25,29). The summed E-state index contributed by atoms with van der Waals surface area (Å²) in [6.07, 6.45) is 2.37. The highest BCUT2D eigenvalue weighted by Gasteiger charge is 2.32. The molecule has 32 heavy (non-hydrogen) atoms. The van der Waals surface area contributed by atoms with Crippen molar-refractivity contribution >= 4 is 33.2 Å². The van der Waals surface area contributed by atoms with Gasteiger partial charge in [-0.05, 0) is 73.6 Å². The molecule has 2 aliphatic heterocycles. The normalized spacial score (nSPS) is 17.2. The number of nitrogens with one attached hydrogen (secondary N) is 1. The maximum Gasteiger partial charge on any atom is 0.243 e. The molecular weight excluding hydrogens is 426 g/mol. The molecule has 1 fully saturated rings. The van der Waals surface area contributed by atoms with Gasteiger partial charge in [-0.2, -0.15) is 4.31 Å². The molecule has 0 unspecified atom stereocenters. The van der Waals surface area contributed by atoms with Crippen LogP contribution in [-0.2, 0) is 26.0 Å². The Morgan fingerprint density at radius 3 is 2.50 bits per heavy atom. The van der Waals surface area contributed by atoms with Crippen molar-refractivity contribution in [1.29, 1.82) is 0 Å². The van der Waals surface area contributed by atoms with Crippen LogP contribution in [0.1, 0.15) is 37.3 Å². The quantitative estimate of drug-likeness (QED) is 0.749. The van der Waals surface area contributed by atoms with E-state index < -0.39 is 10.0 Å². The SMILES string of the molecule is CC(=O)N1CCc2cc(S(=O)(=O)N3CCC(CC(=O)Nc4cccc(C)c4)CC3)ccc21. The maximum atomic E-state index is 13.2. The molecule has 8 heteroatoms. The molecule has 2 aliphatic rings. The summed E-state index contributed by atoms with van der Waals surface area (Å²) >= 11 is 0. The number of anilines is 2. The zero-order valence-electron chi connectivity index (χ0n) is 18.5. The van der Waals surface area contributed by atoms with E-state index in [0.29, 0.717) is 45.3 Å². The molecule has 2 amide bonds. The fourth-order valence-electron chi connectivity index (χ4n) is 4.57. The van der Waals surface area contributed by atoms with Crippen molar-refractivity contribution in [2.45, 2.75) is 44.4 Å². The van der Waals surface area contributed by atoms with Gasteiger partial charge in [-0.15, -0.1) is 0 Å². The van der Waals surface area contributed by atoms with Crippen LogP contribution in [0.2, 0.25) is 0 Å². The van der Waals surface area contributed by atoms with Crippen LogP contribution in [0, 0.1) is 12.8 Å². The molecule has 170 valence electrons. The van der Waals surface area contributed by atoms with Gasteiger partial charge in [-0.1, -0.05) is 12.1 Å². The summed E-state index contributed by atoms with van der Waals surface area (Å²) in [5.74, 6) is 0.0915. The van der Waals surface area contributed by atoms with Crippen LogP contribution in [0.5, 0.6) is 0 Å². The van der Waals surface area contributed by atoms with Crippen LogP contribution in [0.4, 0.5) is 11.4 Å². The topological polar surface area (TPSA) is 86.8 Å². The number of amides is 2. The minimum atomic E-state index is -3.60. The smallest absolute Gasteiger partial charge is 0.243 e. The fourth-order valence-corrected chi connectivity index (χ4v) is 6.09. The van der Waals surface area contributed by atoms with Crippen molar-refractivity contribution in [2.75, 3.05) is 29.9 Å². The zero-order chi connectivity index (χ0) is 22.9. The minimum absolute atomic E-state index is 0.0344. The van der Waals surface area contributed by atoms with Gasteiger partial charge in [0.2, 0.25) is 21.8 Å². The van der Waals surface area contributed by atoms with Crippen molar-refractivity contribution in [2.24, 2.45) is 5.92 Å². The highest BCUT2D eigenvalue weighted by molar-refractivity contribution is 7.89. The van der Waals surface area contributed by atoms with Crippen molar-refractivity contribution in [3.8, 4) is 0 Å². The van der Waals surface area contributed by atoms with Crippen molar-refractivity contribution in [3.63, 3.8) is 0 Å². The Labute approximate surface area is 189 Å². The summed E-state index contributed by atoms with van der Waals surface area (Å²) in [5, 5.41) is 2.93. The molecule has 0 atom stereocenters. The molecule has 0 aromatic heterocycles. The fraction of sp³-hybridized carbons (Fsp3) is 0.417. The number of aryl methyl sites for hydroxylation is 1. The number of sulfonamides is 1. The number of hydrogen-bond donors (Lipinski definition) is 1. The van der Waals surface area contributed by atoms with Gasteiger partial charge in [-0.25, -0.2) is 8.42 Å². The van der Waals surface area contributed by atoms with Gasteiger partial charge in [0.15, 0.2) is 0 Å². The van der Waals surface area contributed by atoms with Crippen LogP contribution in [0.15, 0.2) is 47.4 Å². The van der Waals surface area contributed by atoms with Gasteiger partial charge in [0.1, 0.15) is 0 Å². The highest BCUT2D eigenvalue weighted by atomic mass is 32.2. The predicted molar refractivity (Wildman–Crippen MR) is 124 cm³/mol. The van der Waals surface area contributed by atoms with Crippen LogP contribution >= 0.6 is 0 Å². The molecule has 0 radical (unpaired) electrons. The molecule has 2 aromatic rings. The summed E-state index contributed by atoms with van der Waals surface area (Å²) in [5.41, 5.74) is 3.57. The molecule has 1 N–H and O–H groups in total. The number of benzene rings is 2. The first-order valence-corrected chi connectivity index (χ1v) is 12.5. The lowest BCUT2D eigenvalue weighted by Gasteiger charge is -2.31. The van der Waals surface area contributed by atoms with E-state index in [0.717, 1.165) is 22.5 Å².